The normalized spacial score (nSPS) is 9.58. The van der Waals surface area contributed by atoms with Crippen LogP contribution < -0.4 is 22.1 Å². The molecule has 1 radical (unpaired) electrons. The molecule has 0 bridgehead atoms. The maximum atomic E-state index is 11.0. The van der Waals surface area contributed by atoms with Gasteiger partial charge < -0.3 is 43.3 Å². The topological polar surface area (TPSA) is 214 Å². The second-order valence-corrected chi connectivity index (χ2v) is 9.71. The van der Waals surface area contributed by atoms with Crippen molar-refractivity contribution in [3.8, 4) is 0 Å². The minimum absolute atomic E-state index is 0. The molecule has 0 aliphatic heterocycles. The van der Waals surface area contributed by atoms with Gasteiger partial charge in [0.2, 0.25) is 0 Å². The second kappa shape index (κ2) is 17.4. The molecule has 43 heavy (non-hydrogen) atoms. The number of para-hydroxylation sites is 2. The van der Waals surface area contributed by atoms with Crippen molar-refractivity contribution in [1.82, 2.24) is 0 Å². The van der Waals surface area contributed by atoms with Crippen molar-refractivity contribution in [2.24, 2.45) is 0 Å². The van der Waals surface area contributed by atoms with Gasteiger partial charge in [-0.1, -0.05) is 59.7 Å². The molecule has 0 heterocycles. The van der Waals surface area contributed by atoms with Crippen LogP contribution in [0.4, 0.5) is 22.7 Å². The number of hydrogen-bond acceptors (Lipinski definition) is 6. The molecule has 12 N–H and O–H groups in total. The Morgan fingerprint density at radius 2 is 0.977 bits per heavy atom. The third kappa shape index (κ3) is 10.4. The number of rotatable bonds is 8. The number of carbonyl (C=O) groups is 2. The van der Waals surface area contributed by atoms with Crippen molar-refractivity contribution in [2.75, 3.05) is 22.1 Å². The van der Waals surface area contributed by atoms with E-state index < -0.39 is 11.9 Å². The standard InChI is InChI=1S/2C16H18N2O2.Cu.2H2O/c2*1-10-6-7-14(11(2)8-10)18-9-12-4-3-5-13(15(12)17)16(19)20;;;/h2*3-8,18H,9,17H2,1-2H3,(H,19,20);;2*1H2/q;;+2;;. The number of anilines is 4. The maximum Gasteiger partial charge on any atom is 2.00 e. The molecule has 0 aliphatic carbocycles. The van der Waals surface area contributed by atoms with E-state index in [1.807, 2.05) is 64.1 Å². The predicted molar refractivity (Wildman–Crippen MR) is 169 cm³/mol. The van der Waals surface area contributed by atoms with Crippen LogP contribution in [0.2, 0.25) is 0 Å². The Morgan fingerprint density at radius 1 is 0.628 bits per heavy atom. The average molecular weight is 640 g/mol. The van der Waals surface area contributed by atoms with E-state index in [0.717, 1.165) is 33.6 Å². The number of aromatic carboxylic acids is 2. The molecule has 0 spiro atoms. The second-order valence-electron chi connectivity index (χ2n) is 9.71. The number of nitrogens with two attached hydrogens (primary N) is 2. The van der Waals surface area contributed by atoms with Crippen molar-refractivity contribution >= 4 is 34.7 Å². The summed E-state index contributed by atoms with van der Waals surface area (Å²) in [5.74, 6) is -2.01. The van der Waals surface area contributed by atoms with Crippen LogP contribution >= 0.6 is 0 Å². The van der Waals surface area contributed by atoms with Crippen LogP contribution in [0, 0.1) is 27.7 Å². The van der Waals surface area contributed by atoms with E-state index in [1.165, 1.54) is 23.3 Å². The van der Waals surface area contributed by atoms with Crippen LogP contribution in [0.1, 0.15) is 54.1 Å². The number of carboxylic acids is 2. The summed E-state index contributed by atoms with van der Waals surface area (Å²) in [5.41, 5.74) is 21.0. The number of benzene rings is 4. The molecule has 0 aliphatic rings. The Bertz CT molecular complexity index is 1430. The third-order valence-electron chi connectivity index (χ3n) is 6.56. The van der Waals surface area contributed by atoms with Crippen molar-refractivity contribution in [3.63, 3.8) is 0 Å². The number of nitrogens with one attached hydrogen (secondary N) is 2. The Morgan fingerprint density at radius 3 is 1.28 bits per heavy atom. The van der Waals surface area contributed by atoms with E-state index in [9.17, 15) is 9.59 Å². The molecular formula is C32H40CuN4O6+2. The Kier molecular flexibility index (Phi) is 15.6. The fourth-order valence-corrected chi connectivity index (χ4v) is 4.31. The molecule has 0 saturated carbocycles. The molecular weight excluding hydrogens is 600 g/mol. The Labute approximate surface area is 262 Å². The van der Waals surface area contributed by atoms with E-state index in [4.69, 9.17) is 21.7 Å². The minimum atomic E-state index is -1.00. The summed E-state index contributed by atoms with van der Waals surface area (Å²) in [6.07, 6.45) is 0. The number of carboxylic acid groups (broad SMARTS) is 2. The molecule has 0 aromatic heterocycles. The summed E-state index contributed by atoms with van der Waals surface area (Å²) in [4.78, 5) is 22.1. The van der Waals surface area contributed by atoms with Gasteiger partial charge in [0, 0.05) is 24.5 Å². The molecule has 0 amide bonds. The van der Waals surface area contributed by atoms with Crippen molar-refractivity contribution in [2.45, 2.75) is 40.8 Å². The first kappa shape index (κ1) is 38.5. The summed E-state index contributed by atoms with van der Waals surface area (Å²) >= 11 is 0. The van der Waals surface area contributed by atoms with E-state index >= 15 is 0 Å². The molecule has 0 unspecified atom stereocenters. The van der Waals surface area contributed by atoms with Gasteiger partial charge in [0.15, 0.2) is 0 Å². The largest absolute Gasteiger partial charge is 2.00 e. The molecule has 0 atom stereocenters. The zero-order chi connectivity index (χ0) is 29.4. The van der Waals surface area contributed by atoms with E-state index in [2.05, 4.69) is 22.8 Å². The van der Waals surface area contributed by atoms with E-state index in [0.29, 0.717) is 24.5 Å². The van der Waals surface area contributed by atoms with Crippen molar-refractivity contribution in [3.05, 3.63) is 117 Å². The van der Waals surface area contributed by atoms with Crippen LogP contribution in [-0.4, -0.2) is 33.1 Å². The summed E-state index contributed by atoms with van der Waals surface area (Å²) in [6, 6.07) is 22.4. The van der Waals surface area contributed by atoms with Gasteiger partial charge in [0.05, 0.1) is 22.5 Å². The van der Waals surface area contributed by atoms with E-state index in [-0.39, 0.29) is 39.1 Å². The fraction of sp³-hybridized carbons (Fsp3) is 0.188. The molecule has 0 saturated heterocycles. The predicted octanol–water partition coefficient (Wildman–Crippen LogP) is 4.74. The molecule has 4 aromatic carbocycles. The quantitative estimate of drug-likeness (QED) is 0.117. The molecule has 11 heteroatoms. The third-order valence-corrected chi connectivity index (χ3v) is 6.56. The molecule has 233 valence electrons. The monoisotopic (exact) mass is 639 g/mol. The van der Waals surface area contributed by atoms with Gasteiger partial charge in [-0.25, -0.2) is 9.59 Å². The van der Waals surface area contributed by atoms with Crippen LogP contribution in [0.15, 0.2) is 72.8 Å². The van der Waals surface area contributed by atoms with Gasteiger partial charge >= 0.3 is 29.0 Å². The average Bonchev–Trinajstić information content (AvgIpc) is 2.89. The Balaban J connectivity index is 0.000000767. The van der Waals surface area contributed by atoms with Gasteiger partial charge in [0.1, 0.15) is 0 Å². The molecule has 0 fully saturated rings. The molecule has 10 nitrogen and oxygen atoms in total. The van der Waals surface area contributed by atoms with Gasteiger partial charge in [-0.3, -0.25) is 0 Å². The van der Waals surface area contributed by atoms with Gasteiger partial charge in [-0.05, 0) is 74.2 Å². The Hall–Kier alpha value is -4.54. The van der Waals surface area contributed by atoms with Crippen LogP contribution in [-0.2, 0) is 30.2 Å². The number of hydrogen-bond donors (Lipinski definition) is 6. The maximum absolute atomic E-state index is 11.0. The SMILES string of the molecule is Cc1ccc(NCc2cccc(C(=O)O)c2N)c(C)c1.Cc1ccc(NCc2cccc(C(=O)O)c2N)c(C)c1.O.O.[Cu+2]. The van der Waals surface area contributed by atoms with Crippen LogP contribution in [0.5, 0.6) is 0 Å². The smallest absolute Gasteiger partial charge is 0.478 e. The number of nitrogen functional groups attached to an aromatic ring is 2. The summed E-state index contributed by atoms with van der Waals surface area (Å²) in [5, 5.41) is 24.7. The zero-order valence-corrected chi connectivity index (χ0v) is 25.5. The van der Waals surface area contributed by atoms with Gasteiger partial charge in [0.25, 0.3) is 0 Å². The molecule has 4 aromatic rings. The van der Waals surface area contributed by atoms with Crippen molar-refractivity contribution in [1.29, 1.82) is 0 Å². The number of aryl methyl sites for hydroxylation is 4. The molecule has 4 rings (SSSR count). The van der Waals surface area contributed by atoms with E-state index in [1.54, 1.807) is 12.1 Å². The minimum Gasteiger partial charge on any atom is -0.478 e. The summed E-state index contributed by atoms with van der Waals surface area (Å²) in [6.45, 7) is 9.16. The van der Waals surface area contributed by atoms with Crippen molar-refractivity contribution < 1.29 is 47.8 Å². The van der Waals surface area contributed by atoms with Gasteiger partial charge in [-0.2, -0.15) is 0 Å². The van der Waals surface area contributed by atoms with Crippen LogP contribution in [0.25, 0.3) is 0 Å². The first-order chi connectivity index (χ1) is 19.0. The zero-order valence-electron chi connectivity index (χ0n) is 24.5. The fourth-order valence-electron chi connectivity index (χ4n) is 4.31. The first-order valence-corrected chi connectivity index (χ1v) is 12.8. The first-order valence-electron chi connectivity index (χ1n) is 12.8. The van der Waals surface area contributed by atoms with Crippen LogP contribution in [0.3, 0.4) is 0 Å². The summed E-state index contributed by atoms with van der Waals surface area (Å²) < 4.78 is 0. The summed E-state index contributed by atoms with van der Waals surface area (Å²) in [7, 11) is 0. The van der Waals surface area contributed by atoms with Gasteiger partial charge in [-0.15, -0.1) is 0 Å².